The molecule has 1 atom stereocenters. The van der Waals surface area contributed by atoms with Crippen LogP contribution in [0, 0.1) is 0 Å². The Morgan fingerprint density at radius 1 is 0.762 bits per heavy atom. The molecule has 0 spiro atoms. The Hall–Kier alpha value is -2.00. The maximum atomic E-state index is 9.57. The van der Waals surface area contributed by atoms with Gasteiger partial charge >= 0.3 is 0 Å². The number of para-hydroxylation sites is 1. The lowest BCUT2D eigenvalue weighted by Crippen LogP contribution is -2.46. The average molecular weight is 282 g/mol. The van der Waals surface area contributed by atoms with Gasteiger partial charge in [-0.05, 0) is 36.8 Å². The van der Waals surface area contributed by atoms with E-state index >= 15 is 0 Å². The first kappa shape index (κ1) is 14.0. The maximum Gasteiger partial charge on any atom is 0.0761 e. The Labute approximate surface area is 126 Å². The lowest BCUT2D eigenvalue weighted by molar-refractivity contribution is 0.199. The fraction of sp³-hybridized carbons (Fsp3) is 0.333. The van der Waals surface area contributed by atoms with Gasteiger partial charge in [-0.1, -0.05) is 30.3 Å². The number of aliphatic hydroxyl groups is 1. The summed E-state index contributed by atoms with van der Waals surface area (Å²) >= 11 is 0. The van der Waals surface area contributed by atoms with Crippen molar-refractivity contribution in [3.05, 3.63) is 60.2 Å². The van der Waals surface area contributed by atoms with Gasteiger partial charge in [0.2, 0.25) is 0 Å². The maximum absolute atomic E-state index is 9.57. The van der Waals surface area contributed by atoms with E-state index in [1.807, 2.05) is 12.1 Å². The molecule has 1 aliphatic heterocycles. The van der Waals surface area contributed by atoms with Gasteiger partial charge in [0.1, 0.15) is 0 Å². The molecule has 1 heterocycles. The third-order valence-electron chi connectivity index (χ3n) is 4.14. The summed E-state index contributed by atoms with van der Waals surface area (Å²) < 4.78 is 0. The fourth-order valence-electron chi connectivity index (χ4n) is 2.83. The van der Waals surface area contributed by atoms with E-state index < -0.39 is 6.10 Å². The van der Waals surface area contributed by atoms with Crippen molar-refractivity contribution in [3.63, 3.8) is 0 Å². The zero-order chi connectivity index (χ0) is 14.7. The summed E-state index contributed by atoms with van der Waals surface area (Å²) in [6, 6.07) is 18.9. The number of rotatable bonds is 3. The van der Waals surface area contributed by atoms with Crippen molar-refractivity contribution < 1.29 is 5.11 Å². The molecule has 3 nitrogen and oxygen atoms in total. The second kappa shape index (κ2) is 6.19. The summed E-state index contributed by atoms with van der Waals surface area (Å²) in [7, 11) is 0. The number of benzene rings is 2. The minimum Gasteiger partial charge on any atom is -0.389 e. The van der Waals surface area contributed by atoms with Crippen molar-refractivity contribution in [2.45, 2.75) is 13.0 Å². The smallest absolute Gasteiger partial charge is 0.0761 e. The van der Waals surface area contributed by atoms with E-state index in [1.165, 1.54) is 11.4 Å². The minimum absolute atomic E-state index is 0.394. The van der Waals surface area contributed by atoms with Crippen LogP contribution in [0.25, 0.3) is 0 Å². The zero-order valence-corrected chi connectivity index (χ0v) is 12.4. The van der Waals surface area contributed by atoms with Crippen molar-refractivity contribution in [3.8, 4) is 0 Å². The highest BCUT2D eigenvalue weighted by Crippen LogP contribution is 2.22. The van der Waals surface area contributed by atoms with Gasteiger partial charge in [0.05, 0.1) is 6.10 Å². The predicted octanol–water partition coefficient (Wildman–Crippen LogP) is 3.07. The molecule has 0 bridgehead atoms. The highest BCUT2D eigenvalue weighted by molar-refractivity contribution is 5.52. The average Bonchev–Trinajstić information content (AvgIpc) is 2.56. The molecular formula is C18H22N2O. The van der Waals surface area contributed by atoms with Crippen LogP contribution in [0.4, 0.5) is 11.4 Å². The van der Waals surface area contributed by atoms with Crippen LogP contribution in [0.5, 0.6) is 0 Å². The van der Waals surface area contributed by atoms with Gasteiger partial charge in [0.15, 0.2) is 0 Å². The standard InChI is InChI=1S/C18H22N2O/c1-15(21)16-7-9-18(10-8-16)20-13-11-19(12-14-20)17-5-3-2-4-6-17/h2-10,15,21H,11-14H2,1H3. The molecule has 1 fully saturated rings. The second-order valence-electron chi connectivity index (χ2n) is 5.58. The number of hydrogen-bond acceptors (Lipinski definition) is 3. The molecule has 0 radical (unpaired) electrons. The van der Waals surface area contributed by atoms with Crippen LogP contribution in [-0.2, 0) is 0 Å². The molecular weight excluding hydrogens is 260 g/mol. The third kappa shape index (κ3) is 3.19. The van der Waals surface area contributed by atoms with Crippen molar-refractivity contribution in [1.29, 1.82) is 0 Å². The number of anilines is 2. The van der Waals surface area contributed by atoms with Crippen LogP contribution >= 0.6 is 0 Å². The normalized spacial score (nSPS) is 16.9. The molecule has 3 rings (SSSR count). The van der Waals surface area contributed by atoms with Crippen molar-refractivity contribution in [2.75, 3.05) is 36.0 Å². The van der Waals surface area contributed by atoms with E-state index in [4.69, 9.17) is 0 Å². The SMILES string of the molecule is CC(O)c1ccc(N2CCN(c3ccccc3)CC2)cc1. The Bertz CT molecular complexity index is 558. The number of aliphatic hydroxyl groups excluding tert-OH is 1. The van der Waals surface area contributed by atoms with Gasteiger partial charge in [-0.15, -0.1) is 0 Å². The highest BCUT2D eigenvalue weighted by Gasteiger charge is 2.17. The second-order valence-corrected chi connectivity index (χ2v) is 5.58. The summed E-state index contributed by atoms with van der Waals surface area (Å²) in [6.07, 6.45) is -0.394. The Balaban J connectivity index is 1.63. The molecule has 1 N–H and O–H groups in total. The number of nitrogens with zero attached hydrogens (tertiary/aromatic N) is 2. The summed E-state index contributed by atoms with van der Waals surface area (Å²) in [6.45, 7) is 5.95. The molecule has 1 saturated heterocycles. The molecule has 110 valence electrons. The zero-order valence-electron chi connectivity index (χ0n) is 12.4. The number of hydrogen-bond donors (Lipinski definition) is 1. The quantitative estimate of drug-likeness (QED) is 0.937. The first-order chi connectivity index (χ1) is 10.2. The minimum atomic E-state index is -0.394. The van der Waals surface area contributed by atoms with Crippen LogP contribution in [0.2, 0.25) is 0 Å². The molecule has 0 aliphatic carbocycles. The molecule has 3 heteroatoms. The molecule has 1 unspecified atom stereocenters. The van der Waals surface area contributed by atoms with Gasteiger partial charge in [-0.3, -0.25) is 0 Å². The molecule has 2 aromatic carbocycles. The molecule has 2 aromatic rings. The Morgan fingerprint density at radius 2 is 1.24 bits per heavy atom. The van der Waals surface area contributed by atoms with E-state index in [1.54, 1.807) is 6.92 Å². The molecule has 21 heavy (non-hydrogen) atoms. The van der Waals surface area contributed by atoms with E-state index in [-0.39, 0.29) is 0 Å². The molecule has 1 aliphatic rings. The van der Waals surface area contributed by atoms with Crippen LogP contribution in [0.3, 0.4) is 0 Å². The largest absolute Gasteiger partial charge is 0.389 e. The van der Waals surface area contributed by atoms with Crippen LogP contribution in [0.1, 0.15) is 18.6 Å². The van der Waals surface area contributed by atoms with Crippen LogP contribution in [0.15, 0.2) is 54.6 Å². The lowest BCUT2D eigenvalue weighted by atomic mass is 10.1. The van der Waals surface area contributed by atoms with Gasteiger partial charge in [-0.2, -0.15) is 0 Å². The van der Waals surface area contributed by atoms with E-state index in [0.717, 1.165) is 31.7 Å². The predicted molar refractivity (Wildman–Crippen MR) is 87.9 cm³/mol. The summed E-state index contributed by atoms with van der Waals surface area (Å²) in [5, 5.41) is 9.57. The molecule has 0 saturated carbocycles. The van der Waals surface area contributed by atoms with Crippen LogP contribution in [-0.4, -0.2) is 31.3 Å². The summed E-state index contributed by atoms with van der Waals surface area (Å²) in [5.74, 6) is 0. The van der Waals surface area contributed by atoms with E-state index in [9.17, 15) is 5.11 Å². The lowest BCUT2D eigenvalue weighted by Gasteiger charge is -2.37. The first-order valence-electron chi connectivity index (χ1n) is 7.57. The summed E-state index contributed by atoms with van der Waals surface area (Å²) in [5.41, 5.74) is 3.52. The molecule has 0 amide bonds. The van der Waals surface area contributed by atoms with E-state index in [2.05, 4.69) is 52.3 Å². The van der Waals surface area contributed by atoms with Gasteiger partial charge in [-0.25, -0.2) is 0 Å². The highest BCUT2D eigenvalue weighted by atomic mass is 16.3. The molecule has 0 aromatic heterocycles. The Kier molecular flexibility index (Phi) is 4.11. The van der Waals surface area contributed by atoms with Gasteiger partial charge in [0, 0.05) is 37.6 Å². The van der Waals surface area contributed by atoms with Crippen LogP contribution < -0.4 is 9.80 Å². The van der Waals surface area contributed by atoms with Crippen molar-refractivity contribution in [2.24, 2.45) is 0 Å². The summed E-state index contributed by atoms with van der Waals surface area (Å²) in [4.78, 5) is 4.84. The van der Waals surface area contributed by atoms with E-state index in [0.29, 0.717) is 0 Å². The Morgan fingerprint density at radius 3 is 1.71 bits per heavy atom. The van der Waals surface area contributed by atoms with Crippen molar-refractivity contribution >= 4 is 11.4 Å². The number of piperazine rings is 1. The van der Waals surface area contributed by atoms with Gasteiger partial charge in [0.25, 0.3) is 0 Å². The third-order valence-corrected chi connectivity index (χ3v) is 4.14. The van der Waals surface area contributed by atoms with Gasteiger partial charge < -0.3 is 14.9 Å². The fourth-order valence-corrected chi connectivity index (χ4v) is 2.83. The first-order valence-corrected chi connectivity index (χ1v) is 7.57. The monoisotopic (exact) mass is 282 g/mol. The topological polar surface area (TPSA) is 26.7 Å². The van der Waals surface area contributed by atoms with Crippen molar-refractivity contribution in [1.82, 2.24) is 0 Å².